The van der Waals surface area contributed by atoms with Gasteiger partial charge in [-0.15, -0.1) is 0 Å². The van der Waals surface area contributed by atoms with Gasteiger partial charge in [-0.2, -0.15) is 0 Å². The van der Waals surface area contributed by atoms with E-state index in [9.17, 15) is 9.90 Å². The number of carbonyl (C=O) groups is 1. The molecule has 0 heterocycles. The highest BCUT2D eigenvalue weighted by molar-refractivity contribution is 6.10. The molecule has 3 heteroatoms. The Labute approximate surface area is 105 Å². The predicted molar refractivity (Wildman–Crippen MR) is 67.4 cm³/mol. The van der Waals surface area contributed by atoms with Gasteiger partial charge < -0.3 is 9.84 Å². The molecule has 0 saturated carbocycles. The zero-order chi connectivity index (χ0) is 13.0. The topological polar surface area (TPSA) is 46.5 Å². The quantitative estimate of drug-likeness (QED) is 0.660. The lowest BCUT2D eigenvalue weighted by atomic mass is 10.0. The number of benzene rings is 2. The Morgan fingerprint density at radius 2 is 1.89 bits per heavy atom. The van der Waals surface area contributed by atoms with Gasteiger partial charge in [0.1, 0.15) is 17.6 Å². The SMILES string of the molecule is C#COc1ccc(C(=O)c2ccccc2)c(O)c1. The Morgan fingerprint density at radius 1 is 1.17 bits per heavy atom. The van der Waals surface area contributed by atoms with Crippen LogP contribution in [0.15, 0.2) is 48.5 Å². The Balaban J connectivity index is 2.35. The molecule has 0 amide bonds. The van der Waals surface area contributed by atoms with Crippen LogP contribution in [0.2, 0.25) is 0 Å². The fourth-order valence-corrected chi connectivity index (χ4v) is 1.58. The summed E-state index contributed by atoms with van der Waals surface area (Å²) in [6.07, 6.45) is 6.97. The minimum atomic E-state index is -0.250. The van der Waals surface area contributed by atoms with E-state index in [0.29, 0.717) is 11.3 Å². The van der Waals surface area contributed by atoms with Crippen molar-refractivity contribution in [1.82, 2.24) is 0 Å². The number of hydrogen-bond donors (Lipinski definition) is 1. The van der Waals surface area contributed by atoms with Crippen LogP contribution in [0, 0.1) is 12.5 Å². The minimum Gasteiger partial charge on any atom is -0.507 e. The third kappa shape index (κ3) is 2.33. The average Bonchev–Trinajstić information content (AvgIpc) is 2.40. The fraction of sp³-hybridized carbons (Fsp3) is 0. The number of rotatable bonds is 3. The van der Waals surface area contributed by atoms with E-state index in [1.54, 1.807) is 24.3 Å². The van der Waals surface area contributed by atoms with Gasteiger partial charge in [-0.3, -0.25) is 4.79 Å². The van der Waals surface area contributed by atoms with Crippen molar-refractivity contribution in [3.8, 4) is 24.0 Å². The van der Waals surface area contributed by atoms with Crippen LogP contribution >= 0.6 is 0 Å². The van der Waals surface area contributed by atoms with Gasteiger partial charge in [-0.1, -0.05) is 36.8 Å². The summed E-state index contributed by atoms with van der Waals surface area (Å²) >= 11 is 0. The lowest BCUT2D eigenvalue weighted by molar-refractivity contribution is 0.103. The molecule has 18 heavy (non-hydrogen) atoms. The van der Waals surface area contributed by atoms with Crippen LogP contribution in [0.3, 0.4) is 0 Å². The first kappa shape index (κ1) is 11.7. The molecule has 0 aliphatic heterocycles. The van der Waals surface area contributed by atoms with Crippen LogP contribution in [0.5, 0.6) is 11.5 Å². The number of terminal acetylenes is 1. The molecule has 2 aromatic rings. The molecule has 2 aromatic carbocycles. The van der Waals surface area contributed by atoms with E-state index in [1.165, 1.54) is 18.2 Å². The highest BCUT2D eigenvalue weighted by Gasteiger charge is 2.13. The van der Waals surface area contributed by atoms with Crippen molar-refractivity contribution >= 4 is 5.78 Å². The third-order valence-electron chi connectivity index (χ3n) is 2.43. The van der Waals surface area contributed by atoms with Crippen molar-refractivity contribution < 1.29 is 14.6 Å². The van der Waals surface area contributed by atoms with Crippen molar-refractivity contribution in [3.05, 3.63) is 59.7 Å². The molecule has 0 unspecified atom stereocenters. The zero-order valence-electron chi connectivity index (χ0n) is 9.46. The molecular formula is C15H10O3. The van der Waals surface area contributed by atoms with E-state index in [4.69, 9.17) is 11.2 Å². The summed E-state index contributed by atoms with van der Waals surface area (Å²) in [5.74, 6) is -0.0865. The van der Waals surface area contributed by atoms with Gasteiger partial charge in [0.15, 0.2) is 5.78 Å². The van der Waals surface area contributed by atoms with Crippen LogP contribution in [-0.4, -0.2) is 10.9 Å². The minimum absolute atomic E-state index is 0.156. The molecule has 0 aliphatic rings. The summed E-state index contributed by atoms with van der Waals surface area (Å²) in [5.41, 5.74) is 0.726. The van der Waals surface area contributed by atoms with E-state index in [0.717, 1.165) is 0 Å². The van der Waals surface area contributed by atoms with E-state index in [-0.39, 0.29) is 17.1 Å². The van der Waals surface area contributed by atoms with Crippen molar-refractivity contribution in [1.29, 1.82) is 0 Å². The van der Waals surface area contributed by atoms with Gasteiger partial charge in [0.2, 0.25) is 0 Å². The number of ketones is 1. The Bertz CT molecular complexity index is 609. The molecule has 0 aliphatic carbocycles. The highest BCUT2D eigenvalue weighted by atomic mass is 16.5. The molecule has 0 saturated heterocycles. The molecule has 1 N–H and O–H groups in total. The fourth-order valence-electron chi connectivity index (χ4n) is 1.58. The predicted octanol–water partition coefficient (Wildman–Crippen LogP) is 2.59. The highest BCUT2D eigenvalue weighted by Crippen LogP contribution is 2.25. The Morgan fingerprint density at radius 3 is 2.50 bits per heavy atom. The summed E-state index contributed by atoms with van der Waals surface area (Å²) in [5, 5.41) is 9.78. The Kier molecular flexibility index (Phi) is 3.31. The maximum absolute atomic E-state index is 12.1. The Hall–Kier alpha value is -2.73. The number of carbonyl (C=O) groups excluding carboxylic acids is 1. The summed E-state index contributed by atoms with van der Waals surface area (Å²) in [7, 11) is 0. The normalized spacial score (nSPS) is 9.50. The van der Waals surface area contributed by atoms with E-state index in [2.05, 4.69) is 0 Å². The van der Waals surface area contributed by atoms with Gasteiger partial charge in [0.05, 0.1) is 5.56 Å². The van der Waals surface area contributed by atoms with Gasteiger partial charge in [0, 0.05) is 11.6 Å². The number of ether oxygens (including phenoxy) is 1. The van der Waals surface area contributed by atoms with Crippen LogP contribution in [0.4, 0.5) is 0 Å². The molecule has 0 bridgehead atoms. The maximum Gasteiger partial charge on any atom is 0.196 e. The van der Waals surface area contributed by atoms with Crippen LogP contribution in [-0.2, 0) is 0 Å². The molecule has 0 radical (unpaired) electrons. The van der Waals surface area contributed by atoms with E-state index in [1.807, 2.05) is 12.2 Å². The number of phenolic OH excluding ortho intramolecular Hbond substituents is 1. The van der Waals surface area contributed by atoms with Crippen LogP contribution in [0.25, 0.3) is 0 Å². The second kappa shape index (κ2) is 5.07. The van der Waals surface area contributed by atoms with Gasteiger partial charge >= 0.3 is 0 Å². The van der Waals surface area contributed by atoms with Crippen LogP contribution in [0.1, 0.15) is 15.9 Å². The second-order valence-electron chi connectivity index (χ2n) is 3.59. The third-order valence-corrected chi connectivity index (χ3v) is 2.43. The van der Waals surface area contributed by atoms with Crippen LogP contribution < -0.4 is 4.74 Å². The van der Waals surface area contributed by atoms with E-state index < -0.39 is 0 Å². The molecule has 88 valence electrons. The summed E-state index contributed by atoms with van der Waals surface area (Å²) in [6, 6.07) is 13.1. The first-order chi connectivity index (χ1) is 8.72. The van der Waals surface area contributed by atoms with Crippen molar-refractivity contribution in [2.75, 3.05) is 0 Å². The molecule has 0 aromatic heterocycles. The molecular weight excluding hydrogens is 228 g/mol. The first-order valence-electron chi connectivity index (χ1n) is 5.27. The summed E-state index contributed by atoms with van der Waals surface area (Å²) in [6.45, 7) is 0. The number of aromatic hydroxyl groups is 1. The lowest BCUT2D eigenvalue weighted by Crippen LogP contribution is -2.01. The summed E-state index contributed by atoms with van der Waals surface area (Å²) in [4.78, 5) is 12.1. The van der Waals surface area contributed by atoms with Crippen molar-refractivity contribution in [2.45, 2.75) is 0 Å². The molecule has 3 nitrogen and oxygen atoms in total. The molecule has 0 fully saturated rings. The van der Waals surface area contributed by atoms with Gasteiger partial charge in [-0.05, 0) is 12.1 Å². The summed E-state index contributed by atoms with van der Waals surface area (Å²) < 4.78 is 4.78. The molecule has 0 spiro atoms. The largest absolute Gasteiger partial charge is 0.507 e. The number of phenols is 1. The maximum atomic E-state index is 12.1. The van der Waals surface area contributed by atoms with Crippen molar-refractivity contribution in [3.63, 3.8) is 0 Å². The van der Waals surface area contributed by atoms with Gasteiger partial charge in [-0.25, -0.2) is 0 Å². The average molecular weight is 238 g/mol. The number of hydrogen-bond acceptors (Lipinski definition) is 3. The molecule has 2 rings (SSSR count). The molecule has 0 atom stereocenters. The monoisotopic (exact) mass is 238 g/mol. The van der Waals surface area contributed by atoms with E-state index >= 15 is 0 Å². The first-order valence-corrected chi connectivity index (χ1v) is 5.27. The standard InChI is InChI=1S/C15H10O3/c1-2-18-12-8-9-13(14(16)10-12)15(17)11-6-4-3-5-7-11/h1,3-10,16H. The van der Waals surface area contributed by atoms with Crippen molar-refractivity contribution in [2.24, 2.45) is 0 Å². The lowest BCUT2D eigenvalue weighted by Gasteiger charge is -2.05. The van der Waals surface area contributed by atoms with Gasteiger partial charge in [0.25, 0.3) is 0 Å². The second-order valence-corrected chi connectivity index (χ2v) is 3.59. The zero-order valence-corrected chi connectivity index (χ0v) is 9.46. The smallest absolute Gasteiger partial charge is 0.196 e.